The molecule has 1 aliphatic carbocycles. The lowest BCUT2D eigenvalue weighted by Gasteiger charge is -2.44. The van der Waals surface area contributed by atoms with Gasteiger partial charge in [-0.3, -0.25) is 0 Å². The average Bonchev–Trinajstić information content (AvgIpc) is 3.06. The molecular weight excluding hydrogens is 458 g/mol. The van der Waals surface area contributed by atoms with Crippen LogP contribution in [0.3, 0.4) is 0 Å². The number of anilines is 3. The summed E-state index contributed by atoms with van der Waals surface area (Å²) >= 11 is 0. The molecular formula is C37H37N. The summed E-state index contributed by atoms with van der Waals surface area (Å²) < 4.78 is 28.5. The Morgan fingerprint density at radius 3 is 1.66 bits per heavy atom. The van der Waals surface area contributed by atoms with Crippen molar-refractivity contribution in [2.45, 2.75) is 52.4 Å². The summed E-state index contributed by atoms with van der Waals surface area (Å²) in [4.78, 5) is 2.20. The summed E-state index contributed by atoms with van der Waals surface area (Å²) in [6, 6.07) is 33.7. The lowest BCUT2D eigenvalue weighted by atomic mass is 9.59. The number of fused-ring (bicyclic) bond motifs is 2. The van der Waals surface area contributed by atoms with Gasteiger partial charge in [0.25, 0.3) is 0 Å². The fourth-order valence-corrected chi connectivity index (χ4v) is 6.08. The Kier molecular flexibility index (Phi) is 4.78. The van der Waals surface area contributed by atoms with Gasteiger partial charge in [-0.2, -0.15) is 0 Å². The van der Waals surface area contributed by atoms with Gasteiger partial charge in [-0.1, -0.05) is 120 Å². The monoisotopic (exact) mass is 498 g/mol. The molecule has 1 nitrogen and oxygen atoms in total. The third-order valence-electron chi connectivity index (χ3n) is 9.59. The summed E-state index contributed by atoms with van der Waals surface area (Å²) in [6.07, 6.45) is 0. The van der Waals surface area contributed by atoms with Crippen LogP contribution in [0, 0.1) is 5.41 Å². The fraction of sp³-hybridized carbons (Fsp3) is 0.243. The molecule has 5 aromatic rings. The minimum atomic E-state index is -0.364. The van der Waals surface area contributed by atoms with Gasteiger partial charge in [0.2, 0.25) is 0 Å². The van der Waals surface area contributed by atoms with Gasteiger partial charge < -0.3 is 4.90 Å². The number of nitrogens with zero attached hydrogens (tertiary/aromatic N) is 1. The first-order valence-corrected chi connectivity index (χ1v) is 13.5. The summed E-state index contributed by atoms with van der Waals surface area (Å²) in [5, 5.41) is 2.12. The van der Waals surface area contributed by atoms with Crippen LogP contribution < -0.4 is 4.90 Å². The zero-order valence-corrected chi connectivity index (χ0v) is 23.2. The molecule has 0 atom stereocenters. The summed E-state index contributed by atoms with van der Waals surface area (Å²) in [5.74, 6) is 0. The molecule has 0 saturated carbocycles. The highest BCUT2D eigenvalue weighted by molar-refractivity contribution is 5.98. The van der Waals surface area contributed by atoms with Gasteiger partial charge in [-0.05, 0) is 80.1 Å². The quantitative estimate of drug-likeness (QED) is 0.238. The van der Waals surface area contributed by atoms with E-state index in [2.05, 4.69) is 95.0 Å². The number of hydrogen-bond acceptors (Lipinski definition) is 1. The molecule has 5 aromatic carbocycles. The molecule has 0 bridgehead atoms. The lowest BCUT2D eigenvalue weighted by molar-refractivity contribution is 0.125. The van der Waals surface area contributed by atoms with Crippen molar-refractivity contribution in [2.75, 3.05) is 4.90 Å². The normalized spacial score (nSPS) is 17.9. The summed E-state index contributed by atoms with van der Waals surface area (Å²) in [7, 11) is 0. The molecule has 6 rings (SSSR count). The Hall–Kier alpha value is -3.84. The van der Waals surface area contributed by atoms with Gasteiger partial charge in [0.1, 0.15) is 0 Å². The van der Waals surface area contributed by atoms with Crippen molar-refractivity contribution in [2.24, 2.45) is 5.41 Å². The second-order valence-corrected chi connectivity index (χ2v) is 12.1. The van der Waals surface area contributed by atoms with E-state index >= 15 is 0 Å². The molecule has 0 radical (unpaired) electrons. The molecule has 0 aliphatic heterocycles. The lowest BCUT2D eigenvalue weighted by Crippen LogP contribution is -2.42. The molecule has 0 fully saturated rings. The highest BCUT2D eigenvalue weighted by Gasteiger charge is 2.56. The Morgan fingerprint density at radius 2 is 1.08 bits per heavy atom. The highest BCUT2D eigenvalue weighted by atomic mass is 15.1. The summed E-state index contributed by atoms with van der Waals surface area (Å²) in [5.41, 5.74) is 4.98. The Balaban J connectivity index is 1.75. The minimum Gasteiger partial charge on any atom is -0.310 e. The third-order valence-corrected chi connectivity index (χ3v) is 9.59. The van der Waals surface area contributed by atoms with Crippen LogP contribution in [0.4, 0.5) is 17.1 Å². The molecule has 190 valence electrons. The van der Waals surface area contributed by atoms with Gasteiger partial charge in [0, 0.05) is 16.9 Å². The van der Waals surface area contributed by atoms with Gasteiger partial charge >= 0.3 is 0 Å². The van der Waals surface area contributed by atoms with E-state index in [9.17, 15) is 4.11 Å². The molecule has 0 spiro atoms. The predicted molar refractivity (Wildman–Crippen MR) is 164 cm³/mol. The molecule has 0 N–H and O–H groups in total. The zero-order chi connectivity index (χ0) is 29.3. The Morgan fingerprint density at radius 1 is 0.579 bits per heavy atom. The maximum Gasteiger partial charge on any atom is 0.0632 e. The third kappa shape index (κ3) is 3.52. The van der Waals surface area contributed by atoms with Crippen LogP contribution in [0.1, 0.15) is 56.8 Å². The van der Waals surface area contributed by atoms with Gasteiger partial charge in [0.05, 0.1) is 9.80 Å². The number of benzene rings is 5. The fourth-order valence-electron chi connectivity index (χ4n) is 6.08. The standard InChI is InChI=1S/C37H37N/c1-35(2)32-22-21-28(24-33(32)36(3,4)37(35,5)6)31-23-26-15-13-14-16-27(26)25-34(31)38(29-17-9-7-10-18-29)30-19-11-8-12-20-30/h7-25H,1-6H3/i21D,22D,24D. The van der Waals surface area contributed by atoms with Gasteiger partial charge in [-0.25, -0.2) is 0 Å². The van der Waals surface area contributed by atoms with E-state index in [4.69, 9.17) is 0 Å². The molecule has 0 saturated heterocycles. The first-order valence-electron chi connectivity index (χ1n) is 15.0. The molecule has 1 aliphatic rings. The van der Waals surface area contributed by atoms with Gasteiger partial charge in [0.15, 0.2) is 0 Å². The van der Waals surface area contributed by atoms with Crippen LogP contribution >= 0.6 is 0 Å². The maximum atomic E-state index is 9.74. The van der Waals surface area contributed by atoms with Crippen molar-refractivity contribution in [1.29, 1.82) is 0 Å². The smallest absolute Gasteiger partial charge is 0.0632 e. The maximum absolute atomic E-state index is 9.74. The second kappa shape index (κ2) is 8.60. The van der Waals surface area contributed by atoms with Crippen LogP contribution in [0.2, 0.25) is 0 Å². The van der Waals surface area contributed by atoms with E-state index in [1.165, 1.54) is 0 Å². The van der Waals surface area contributed by atoms with Crippen molar-refractivity contribution in [1.82, 2.24) is 0 Å². The number of rotatable bonds is 4. The van der Waals surface area contributed by atoms with Crippen LogP contribution in [0.25, 0.3) is 21.9 Å². The molecule has 1 heteroatoms. The zero-order valence-electron chi connectivity index (χ0n) is 26.2. The SMILES string of the molecule is [2H]c1c([2H])c2c(c([2H])c1-c1cc3ccccc3cc1N(c1ccccc1)c1ccccc1)C(C)(C)C(C)(C)C2(C)C. The van der Waals surface area contributed by atoms with Crippen molar-refractivity contribution in [3.05, 3.63) is 126 Å². The van der Waals surface area contributed by atoms with Crippen LogP contribution in [0.15, 0.2) is 115 Å². The van der Waals surface area contributed by atoms with Crippen LogP contribution in [0.5, 0.6) is 0 Å². The van der Waals surface area contributed by atoms with Gasteiger partial charge in [-0.15, -0.1) is 0 Å². The average molecular weight is 499 g/mol. The first-order chi connectivity index (χ1) is 19.4. The van der Waals surface area contributed by atoms with E-state index in [0.717, 1.165) is 44.5 Å². The topological polar surface area (TPSA) is 3.24 Å². The number of para-hydroxylation sites is 2. The first kappa shape index (κ1) is 21.1. The van der Waals surface area contributed by atoms with E-state index in [-0.39, 0.29) is 28.3 Å². The molecule has 0 heterocycles. The second-order valence-electron chi connectivity index (χ2n) is 12.1. The van der Waals surface area contributed by atoms with E-state index in [1.807, 2.05) is 48.5 Å². The molecule has 0 unspecified atom stereocenters. The van der Waals surface area contributed by atoms with E-state index < -0.39 is 0 Å². The van der Waals surface area contributed by atoms with Crippen molar-refractivity contribution < 1.29 is 4.11 Å². The van der Waals surface area contributed by atoms with E-state index in [1.54, 1.807) is 0 Å². The molecule has 0 aromatic heterocycles. The van der Waals surface area contributed by atoms with Crippen molar-refractivity contribution >= 4 is 27.8 Å². The van der Waals surface area contributed by atoms with Crippen LogP contribution in [-0.4, -0.2) is 0 Å². The summed E-state index contributed by atoms with van der Waals surface area (Å²) in [6.45, 7) is 13.2. The predicted octanol–water partition coefficient (Wildman–Crippen LogP) is 10.6. The van der Waals surface area contributed by atoms with Crippen molar-refractivity contribution in [3.8, 4) is 11.1 Å². The number of hydrogen-bond donors (Lipinski definition) is 0. The van der Waals surface area contributed by atoms with Crippen LogP contribution in [-0.2, 0) is 10.8 Å². The minimum absolute atomic E-state index is 0.118. The Labute approximate surface area is 232 Å². The molecule has 0 amide bonds. The largest absolute Gasteiger partial charge is 0.310 e. The molecule has 38 heavy (non-hydrogen) atoms. The Bertz CT molecular complexity index is 1750. The van der Waals surface area contributed by atoms with Crippen molar-refractivity contribution in [3.63, 3.8) is 0 Å². The highest BCUT2D eigenvalue weighted by Crippen LogP contribution is 2.62. The van der Waals surface area contributed by atoms with E-state index in [0.29, 0.717) is 11.6 Å².